The van der Waals surface area contributed by atoms with Crippen LogP contribution in [0.5, 0.6) is 0 Å². The van der Waals surface area contributed by atoms with Crippen LogP contribution < -0.4 is 16.2 Å². The van der Waals surface area contributed by atoms with Gasteiger partial charge in [0.25, 0.3) is 5.56 Å². The topological polar surface area (TPSA) is 117 Å². The van der Waals surface area contributed by atoms with Crippen LogP contribution in [0.25, 0.3) is 11.3 Å². The Balaban J connectivity index is 1.77. The first-order valence-electron chi connectivity index (χ1n) is 10.6. The van der Waals surface area contributed by atoms with E-state index in [1.165, 1.54) is 0 Å². The number of aryl methyl sites for hydroxylation is 2. The van der Waals surface area contributed by atoms with E-state index in [0.717, 1.165) is 28.6 Å². The molecule has 33 heavy (non-hydrogen) atoms. The second-order valence-corrected chi connectivity index (χ2v) is 9.34. The first kappa shape index (κ1) is 24.2. The highest BCUT2D eigenvalue weighted by molar-refractivity contribution is 8.00. The third kappa shape index (κ3) is 5.87. The lowest BCUT2D eigenvalue weighted by atomic mass is 10.1. The second-order valence-electron chi connectivity index (χ2n) is 8.01. The minimum atomic E-state index is -0.516. The van der Waals surface area contributed by atoms with Crippen molar-refractivity contribution in [2.24, 2.45) is 5.92 Å². The Morgan fingerprint density at radius 3 is 2.21 bits per heavy atom. The zero-order valence-electron chi connectivity index (χ0n) is 19.2. The van der Waals surface area contributed by atoms with Gasteiger partial charge in [-0.05, 0) is 38.0 Å². The molecule has 8 nitrogen and oxygen atoms in total. The van der Waals surface area contributed by atoms with Gasteiger partial charge in [0.1, 0.15) is 0 Å². The molecule has 0 bridgehead atoms. The van der Waals surface area contributed by atoms with Crippen LogP contribution in [0.4, 0.5) is 11.4 Å². The molecule has 0 aliphatic heterocycles. The van der Waals surface area contributed by atoms with Crippen molar-refractivity contribution in [2.45, 2.75) is 45.0 Å². The average Bonchev–Trinajstić information content (AvgIpc) is 2.77. The normalized spacial score (nSPS) is 11.8. The molecular formula is C24H27N5O3S. The highest BCUT2D eigenvalue weighted by Gasteiger charge is 2.20. The summed E-state index contributed by atoms with van der Waals surface area (Å²) in [4.78, 5) is 40.3. The molecule has 3 N–H and O–H groups in total. The van der Waals surface area contributed by atoms with Gasteiger partial charge in [-0.15, -0.1) is 10.2 Å². The molecule has 0 radical (unpaired) electrons. The van der Waals surface area contributed by atoms with Crippen LogP contribution in [0.3, 0.4) is 0 Å². The largest absolute Gasteiger partial charge is 0.325 e. The summed E-state index contributed by atoms with van der Waals surface area (Å²) in [5, 5.41) is 13.7. The van der Waals surface area contributed by atoms with E-state index < -0.39 is 10.8 Å². The molecular weight excluding hydrogens is 438 g/mol. The van der Waals surface area contributed by atoms with Gasteiger partial charge in [0, 0.05) is 17.2 Å². The molecule has 0 aliphatic rings. The molecule has 3 rings (SSSR count). The van der Waals surface area contributed by atoms with Crippen molar-refractivity contribution in [1.82, 2.24) is 15.2 Å². The van der Waals surface area contributed by atoms with Crippen LogP contribution in [0, 0.1) is 19.8 Å². The van der Waals surface area contributed by atoms with Gasteiger partial charge >= 0.3 is 0 Å². The zero-order valence-corrected chi connectivity index (χ0v) is 20.0. The third-order valence-electron chi connectivity index (χ3n) is 5.03. The van der Waals surface area contributed by atoms with Crippen molar-refractivity contribution in [3.8, 4) is 11.3 Å². The maximum atomic E-state index is 12.8. The third-order valence-corrected chi connectivity index (χ3v) is 6.00. The summed E-state index contributed by atoms with van der Waals surface area (Å²) in [6.45, 7) is 9.17. The number of aromatic nitrogens is 3. The summed E-state index contributed by atoms with van der Waals surface area (Å²) >= 11 is 1.11. The molecule has 0 unspecified atom stereocenters. The van der Waals surface area contributed by atoms with E-state index in [1.54, 1.807) is 45.0 Å². The van der Waals surface area contributed by atoms with Gasteiger partial charge in [0.05, 0.1) is 10.9 Å². The number of amides is 2. The van der Waals surface area contributed by atoms with Crippen molar-refractivity contribution in [2.75, 3.05) is 10.6 Å². The van der Waals surface area contributed by atoms with E-state index in [9.17, 15) is 14.4 Å². The first-order chi connectivity index (χ1) is 15.7. The lowest BCUT2D eigenvalue weighted by Crippen LogP contribution is -2.24. The van der Waals surface area contributed by atoms with Crippen molar-refractivity contribution < 1.29 is 9.59 Å². The van der Waals surface area contributed by atoms with Crippen LogP contribution in [-0.2, 0) is 9.59 Å². The Hall–Kier alpha value is -3.46. The summed E-state index contributed by atoms with van der Waals surface area (Å²) in [5.41, 5.74) is 3.32. The minimum Gasteiger partial charge on any atom is -0.325 e. The number of carbonyl (C=O) groups is 2. The maximum absolute atomic E-state index is 12.8. The number of H-pyrrole nitrogens is 1. The SMILES string of the molecule is Cc1cccc(C)c1NC(=O)[C@@H](C)Sc1nnc(-c2ccccc2NC(=O)C(C)C)c(=O)[nH]1. The number of nitrogens with zero attached hydrogens (tertiary/aromatic N) is 2. The molecule has 0 aliphatic carbocycles. The van der Waals surface area contributed by atoms with Crippen molar-refractivity contribution in [3.63, 3.8) is 0 Å². The molecule has 172 valence electrons. The van der Waals surface area contributed by atoms with E-state index in [-0.39, 0.29) is 28.6 Å². The average molecular weight is 466 g/mol. The van der Waals surface area contributed by atoms with Crippen LogP contribution >= 0.6 is 11.8 Å². The summed E-state index contributed by atoms with van der Waals surface area (Å²) in [6, 6.07) is 12.7. The van der Waals surface area contributed by atoms with Crippen molar-refractivity contribution in [1.29, 1.82) is 0 Å². The highest BCUT2D eigenvalue weighted by Crippen LogP contribution is 2.26. The highest BCUT2D eigenvalue weighted by atomic mass is 32.2. The number of aromatic amines is 1. The minimum absolute atomic E-state index is 0.0895. The molecule has 1 heterocycles. The number of hydrogen-bond donors (Lipinski definition) is 3. The number of carbonyl (C=O) groups excluding carboxylic acids is 2. The lowest BCUT2D eigenvalue weighted by molar-refractivity contribution is -0.119. The second kappa shape index (κ2) is 10.4. The van der Waals surface area contributed by atoms with E-state index in [2.05, 4.69) is 25.8 Å². The molecule has 1 atom stereocenters. The fourth-order valence-corrected chi connectivity index (χ4v) is 3.82. The van der Waals surface area contributed by atoms with Crippen molar-refractivity contribution in [3.05, 3.63) is 63.9 Å². The van der Waals surface area contributed by atoms with Crippen LogP contribution in [-0.4, -0.2) is 32.2 Å². The zero-order chi connectivity index (χ0) is 24.1. The molecule has 0 saturated carbocycles. The van der Waals surface area contributed by atoms with Gasteiger partial charge in [0.2, 0.25) is 11.8 Å². The fraction of sp³-hybridized carbons (Fsp3) is 0.292. The number of para-hydroxylation sites is 2. The quantitative estimate of drug-likeness (QED) is 0.451. The smallest absolute Gasteiger partial charge is 0.278 e. The van der Waals surface area contributed by atoms with Crippen molar-refractivity contribution >= 4 is 35.0 Å². The number of hydrogen-bond acceptors (Lipinski definition) is 6. The monoisotopic (exact) mass is 465 g/mol. The Kier molecular flexibility index (Phi) is 7.65. The molecule has 1 aromatic heterocycles. The predicted molar refractivity (Wildman–Crippen MR) is 131 cm³/mol. The number of benzene rings is 2. The van der Waals surface area contributed by atoms with Gasteiger partial charge in [-0.3, -0.25) is 19.4 Å². The van der Waals surface area contributed by atoms with Gasteiger partial charge in [-0.1, -0.05) is 62.0 Å². The van der Waals surface area contributed by atoms with E-state index in [4.69, 9.17) is 0 Å². The van der Waals surface area contributed by atoms with Gasteiger partial charge in [-0.25, -0.2) is 0 Å². The molecule has 0 spiro atoms. The maximum Gasteiger partial charge on any atom is 0.278 e. The molecule has 0 fully saturated rings. The van der Waals surface area contributed by atoms with Crippen LogP contribution in [0.15, 0.2) is 52.4 Å². The van der Waals surface area contributed by atoms with Gasteiger partial charge in [-0.2, -0.15) is 0 Å². The Labute approximate surface area is 196 Å². The summed E-state index contributed by atoms with van der Waals surface area (Å²) < 4.78 is 0. The first-order valence-corrected chi connectivity index (χ1v) is 11.5. The summed E-state index contributed by atoms with van der Waals surface area (Å²) in [7, 11) is 0. The van der Waals surface area contributed by atoms with Crippen LogP contribution in [0.1, 0.15) is 31.9 Å². The number of rotatable bonds is 7. The Bertz CT molecular complexity index is 1220. The fourth-order valence-electron chi connectivity index (χ4n) is 3.08. The predicted octanol–water partition coefficient (Wildman–Crippen LogP) is 4.16. The summed E-state index contributed by atoms with van der Waals surface area (Å²) in [6.07, 6.45) is 0. The molecule has 0 saturated heterocycles. The van der Waals surface area contributed by atoms with Gasteiger partial charge < -0.3 is 10.6 Å². The lowest BCUT2D eigenvalue weighted by Gasteiger charge is -2.15. The van der Waals surface area contributed by atoms with E-state index in [1.807, 2.05) is 32.0 Å². The molecule has 2 aromatic carbocycles. The molecule has 2 amide bonds. The Morgan fingerprint density at radius 1 is 0.909 bits per heavy atom. The number of thioether (sulfide) groups is 1. The molecule has 3 aromatic rings. The summed E-state index contributed by atoms with van der Waals surface area (Å²) in [5.74, 6) is -0.578. The Morgan fingerprint density at radius 2 is 1.58 bits per heavy atom. The molecule has 9 heteroatoms. The van der Waals surface area contributed by atoms with Gasteiger partial charge in [0.15, 0.2) is 10.9 Å². The number of nitrogens with one attached hydrogen (secondary N) is 3. The number of anilines is 2. The standard InChI is InChI=1S/C24H27N5O3S/c1-13(2)21(30)25-18-12-7-6-11-17(18)20-23(32)27-24(29-28-20)33-16(5)22(31)26-19-14(3)9-8-10-15(19)4/h6-13,16H,1-5H3,(H,25,30)(H,26,31)(H,27,29,32)/t16-/m1/s1. The van der Waals surface area contributed by atoms with E-state index in [0.29, 0.717) is 11.3 Å². The van der Waals surface area contributed by atoms with Crippen LogP contribution in [0.2, 0.25) is 0 Å². The van der Waals surface area contributed by atoms with E-state index >= 15 is 0 Å².